The third-order valence-corrected chi connectivity index (χ3v) is 3.94. The highest BCUT2D eigenvalue weighted by Gasteiger charge is 2.49. The van der Waals surface area contributed by atoms with Crippen molar-refractivity contribution >= 4 is 17.3 Å². The van der Waals surface area contributed by atoms with E-state index in [9.17, 15) is 20.1 Å². The Morgan fingerprint density at radius 1 is 1.56 bits per heavy atom. The summed E-state index contributed by atoms with van der Waals surface area (Å²) in [5.41, 5.74) is -1.90. The highest BCUT2D eigenvalue weighted by molar-refractivity contribution is 7.12. The van der Waals surface area contributed by atoms with Crippen molar-refractivity contribution in [3.05, 3.63) is 21.4 Å². The van der Waals surface area contributed by atoms with Gasteiger partial charge < -0.3 is 20.4 Å². The molecule has 1 aromatic rings. The summed E-state index contributed by atoms with van der Waals surface area (Å²) in [5, 5.41) is 38.3. The largest absolute Gasteiger partial charge is 0.479 e. The molecule has 0 aromatic carbocycles. The van der Waals surface area contributed by atoms with Gasteiger partial charge in [0.2, 0.25) is 0 Å². The second-order valence-corrected chi connectivity index (χ2v) is 5.30. The zero-order valence-corrected chi connectivity index (χ0v) is 9.36. The molecule has 1 heterocycles. The molecule has 0 bridgehead atoms. The molecule has 16 heavy (non-hydrogen) atoms. The normalized spacial score (nSPS) is 33.5. The fourth-order valence-electron chi connectivity index (χ4n) is 1.98. The second-order valence-electron chi connectivity index (χ2n) is 4.02. The van der Waals surface area contributed by atoms with Gasteiger partial charge in [-0.15, -0.1) is 11.3 Å². The van der Waals surface area contributed by atoms with Crippen LogP contribution >= 0.6 is 11.3 Å². The topological polar surface area (TPSA) is 98.0 Å². The van der Waals surface area contributed by atoms with Crippen LogP contribution in [0.25, 0.3) is 0 Å². The predicted octanol–water partition coefficient (Wildman–Crippen LogP) is 0.127. The molecule has 0 saturated heterocycles. The first kappa shape index (κ1) is 11.5. The number of fused-ring (bicyclic) bond motifs is 1. The molecule has 1 unspecified atom stereocenters. The third-order valence-electron chi connectivity index (χ3n) is 2.82. The molecule has 1 aliphatic carbocycles. The Hall–Kier alpha value is -0.950. The molecule has 0 amide bonds. The first-order valence-corrected chi connectivity index (χ1v) is 5.60. The van der Waals surface area contributed by atoms with Crippen LogP contribution in [0.1, 0.15) is 27.8 Å². The van der Waals surface area contributed by atoms with Gasteiger partial charge in [-0.05, 0) is 13.0 Å². The van der Waals surface area contributed by atoms with Crippen molar-refractivity contribution in [3.63, 3.8) is 0 Å². The van der Waals surface area contributed by atoms with Gasteiger partial charge in [0.1, 0.15) is 6.10 Å². The number of hydrogen-bond acceptors (Lipinski definition) is 5. The van der Waals surface area contributed by atoms with Gasteiger partial charge in [-0.1, -0.05) is 0 Å². The smallest absolute Gasteiger partial charge is 0.340 e. The van der Waals surface area contributed by atoms with Crippen LogP contribution in [0.2, 0.25) is 0 Å². The minimum absolute atomic E-state index is 0.195. The standard InChI is InChI=1S/C10H12O5S/c1-4-2-5-8(16-4)7(12)6(11)3-10(5,15)9(13)14/h2,6-7,11-12,15H,3H2,1H3,(H,13,14)/t6-,7+,10?/m1/s1. The first-order valence-electron chi connectivity index (χ1n) is 4.79. The zero-order valence-electron chi connectivity index (χ0n) is 8.54. The number of aliphatic carboxylic acids is 1. The zero-order chi connectivity index (χ0) is 12.1. The quantitative estimate of drug-likeness (QED) is 0.563. The van der Waals surface area contributed by atoms with Crippen LogP contribution in [-0.2, 0) is 10.4 Å². The van der Waals surface area contributed by atoms with E-state index in [1.165, 1.54) is 11.3 Å². The number of aliphatic hydroxyl groups is 3. The monoisotopic (exact) mass is 244 g/mol. The molecule has 1 aromatic heterocycles. The lowest BCUT2D eigenvalue weighted by molar-refractivity contribution is -0.168. The van der Waals surface area contributed by atoms with E-state index in [4.69, 9.17) is 5.11 Å². The van der Waals surface area contributed by atoms with E-state index in [-0.39, 0.29) is 5.56 Å². The first-order chi connectivity index (χ1) is 7.36. The highest BCUT2D eigenvalue weighted by atomic mass is 32.1. The lowest BCUT2D eigenvalue weighted by atomic mass is 9.80. The highest BCUT2D eigenvalue weighted by Crippen LogP contribution is 2.44. The number of aryl methyl sites for hydroxylation is 1. The van der Waals surface area contributed by atoms with Crippen LogP contribution in [0.5, 0.6) is 0 Å². The second kappa shape index (κ2) is 3.53. The van der Waals surface area contributed by atoms with Crippen molar-refractivity contribution in [2.45, 2.75) is 31.2 Å². The molecule has 6 heteroatoms. The van der Waals surface area contributed by atoms with E-state index in [2.05, 4.69) is 0 Å². The average molecular weight is 244 g/mol. The van der Waals surface area contributed by atoms with Crippen LogP contribution in [0.3, 0.4) is 0 Å². The van der Waals surface area contributed by atoms with Crippen molar-refractivity contribution in [2.75, 3.05) is 0 Å². The SMILES string of the molecule is Cc1cc2c(s1)[C@@H](O)[C@H](O)CC2(O)C(=O)O. The Kier molecular flexibility index (Phi) is 2.54. The number of rotatable bonds is 1. The number of carboxylic acids is 1. The summed E-state index contributed by atoms with van der Waals surface area (Å²) in [4.78, 5) is 12.2. The van der Waals surface area contributed by atoms with E-state index < -0.39 is 30.2 Å². The summed E-state index contributed by atoms with van der Waals surface area (Å²) in [7, 11) is 0. The Labute approximate surface area is 95.6 Å². The summed E-state index contributed by atoms with van der Waals surface area (Å²) in [6, 6.07) is 1.54. The fourth-order valence-corrected chi connectivity index (χ4v) is 3.12. The molecule has 0 aliphatic heterocycles. The molecule has 0 saturated carbocycles. The Balaban J connectivity index is 2.61. The molecular weight excluding hydrogens is 232 g/mol. The Morgan fingerprint density at radius 3 is 2.75 bits per heavy atom. The van der Waals surface area contributed by atoms with Crippen molar-refractivity contribution in [2.24, 2.45) is 0 Å². The van der Waals surface area contributed by atoms with Gasteiger partial charge in [0, 0.05) is 21.7 Å². The van der Waals surface area contributed by atoms with Crippen LogP contribution in [-0.4, -0.2) is 32.5 Å². The van der Waals surface area contributed by atoms with E-state index in [0.717, 1.165) is 4.88 Å². The number of aliphatic hydroxyl groups excluding tert-OH is 2. The van der Waals surface area contributed by atoms with Gasteiger partial charge >= 0.3 is 5.97 Å². The van der Waals surface area contributed by atoms with E-state index >= 15 is 0 Å². The summed E-state index contributed by atoms with van der Waals surface area (Å²) in [6.07, 6.45) is -2.77. The predicted molar refractivity (Wildman–Crippen MR) is 56.2 cm³/mol. The third kappa shape index (κ3) is 1.46. The molecule has 88 valence electrons. The summed E-state index contributed by atoms with van der Waals surface area (Å²) >= 11 is 1.19. The fraction of sp³-hybridized carbons (Fsp3) is 0.500. The number of carboxylic acid groups (broad SMARTS) is 1. The van der Waals surface area contributed by atoms with Gasteiger partial charge in [0.15, 0.2) is 5.60 Å². The maximum atomic E-state index is 11.1. The average Bonchev–Trinajstić information content (AvgIpc) is 2.57. The molecular formula is C10H12O5S. The van der Waals surface area contributed by atoms with Gasteiger partial charge in [-0.3, -0.25) is 0 Å². The minimum Gasteiger partial charge on any atom is -0.479 e. The van der Waals surface area contributed by atoms with Gasteiger partial charge in [-0.2, -0.15) is 0 Å². The number of thiophene rings is 1. The van der Waals surface area contributed by atoms with Crippen LogP contribution in [0.4, 0.5) is 0 Å². The maximum absolute atomic E-state index is 11.1. The maximum Gasteiger partial charge on any atom is 0.340 e. The van der Waals surface area contributed by atoms with Crippen molar-refractivity contribution in [1.29, 1.82) is 0 Å². The summed E-state index contributed by atoms with van der Waals surface area (Å²) < 4.78 is 0. The van der Waals surface area contributed by atoms with Crippen molar-refractivity contribution in [3.8, 4) is 0 Å². The molecule has 0 spiro atoms. The summed E-state index contributed by atoms with van der Waals surface area (Å²) in [5.74, 6) is -1.41. The molecule has 0 radical (unpaired) electrons. The molecule has 3 atom stereocenters. The van der Waals surface area contributed by atoms with Crippen LogP contribution < -0.4 is 0 Å². The molecule has 2 rings (SSSR count). The Bertz CT molecular complexity index is 440. The van der Waals surface area contributed by atoms with Crippen molar-refractivity contribution in [1.82, 2.24) is 0 Å². The minimum atomic E-state index is -2.10. The Morgan fingerprint density at radius 2 is 2.19 bits per heavy atom. The molecule has 4 N–H and O–H groups in total. The van der Waals surface area contributed by atoms with Crippen LogP contribution in [0.15, 0.2) is 6.07 Å². The lowest BCUT2D eigenvalue weighted by Crippen LogP contribution is -2.44. The summed E-state index contributed by atoms with van der Waals surface area (Å²) in [6.45, 7) is 1.75. The lowest BCUT2D eigenvalue weighted by Gasteiger charge is -2.34. The van der Waals surface area contributed by atoms with E-state index in [1.54, 1.807) is 13.0 Å². The molecule has 1 aliphatic rings. The molecule has 5 nitrogen and oxygen atoms in total. The number of hydrogen-bond donors (Lipinski definition) is 4. The van der Waals surface area contributed by atoms with Crippen molar-refractivity contribution < 1.29 is 25.2 Å². The van der Waals surface area contributed by atoms with Crippen LogP contribution in [0, 0.1) is 6.92 Å². The van der Waals surface area contributed by atoms with Gasteiger partial charge in [-0.25, -0.2) is 4.79 Å². The molecule has 0 fully saturated rings. The number of carbonyl (C=O) groups is 1. The van der Waals surface area contributed by atoms with Gasteiger partial charge in [0.05, 0.1) is 6.10 Å². The van der Waals surface area contributed by atoms with E-state index in [0.29, 0.717) is 4.88 Å². The van der Waals surface area contributed by atoms with E-state index in [1.807, 2.05) is 0 Å². The van der Waals surface area contributed by atoms with Gasteiger partial charge in [0.25, 0.3) is 0 Å².